The highest BCUT2D eigenvalue weighted by atomic mass is 16.5. The van der Waals surface area contributed by atoms with Crippen molar-refractivity contribution in [3.05, 3.63) is 184 Å². The third-order valence-electron chi connectivity index (χ3n) is 10.2. The highest BCUT2D eigenvalue weighted by Crippen LogP contribution is 2.43. The van der Waals surface area contributed by atoms with E-state index in [2.05, 4.69) is 89.7 Å². The monoisotopic (exact) mass is 764 g/mol. The molecule has 1 aliphatic rings. The van der Waals surface area contributed by atoms with Crippen LogP contribution in [-0.4, -0.2) is 33.9 Å². The van der Waals surface area contributed by atoms with Gasteiger partial charge < -0.3 is 33.2 Å². The standard InChI is InChI=1S/C49H48O8/c1-51-43-20-16-41(17-21-43)49(40-11-5-4-6-12-40,42-18-22-44(52-2)23-19-42)57-33-38-15-25-46-45-24-14-37(28-39(45)34-56-47(46)29-38)32-55-31-36-10-7-9-35(27-36)30-54-26-8-13-48(50)53-3/h4-7,9-12,14-25,27-29H,8,13,26,30-34H2,1-3H3. The van der Waals surface area contributed by atoms with Gasteiger partial charge in [0.15, 0.2) is 0 Å². The van der Waals surface area contributed by atoms with Crippen LogP contribution in [0.2, 0.25) is 0 Å². The lowest BCUT2D eigenvalue weighted by molar-refractivity contribution is -0.141. The number of hydrogen-bond donors (Lipinski definition) is 0. The summed E-state index contributed by atoms with van der Waals surface area (Å²) in [7, 11) is 4.74. The fourth-order valence-corrected chi connectivity index (χ4v) is 7.25. The van der Waals surface area contributed by atoms with Gasteiger partial charge in [0.1, 0.15) is 29.5 Å². The lowest BCUT2D eigenvalue weighted by atomic mass is 9.80. The maximum atomic E-state index is 11.3. The highest BCUT2D eigenvalue weighted by molar-refractivity contribution is 5.75. The predicted octanol–water partition coefficient (Wildman–Crippen LogP) is 9.96. The Kier molecular flexibility index (Phi) is 13.0. The molecule has 0 unspecified atom stereocenters. The Morgan fingerprint density at radius 1 is 0.579 bits per heavy atom. The molecule has 0 saturated heterocycles. The van der Waals surface area contributed by atoms with Crippen LogP contribution in [0.4, 0.5) is 0 Å². The van der Waals surface area contributed by atoms with E-state index in [1.807, 2.05) is 54.6 Å². The van der Waals surface area contributed by atoms with Crippen molar-refractivity contribution in [3.63, 3.8) is 0 Å². The minimum atomic E-state index is -0.924. The third-order valence-corrected chi connectivity index (χ3v) is 10.2. The van der Waals surface area contributed by atoms with Crippen LogP contribution in [0.3, 0.4) is 0 Å². The van der Waals surface area contributed by atoms with Gasteiger partial charge >= 0.3 is 5.97 Å². The molecular formula is C49H48O8. The van der Waals surface area contributed by atoms with Crippen molar-refractivity contribution < 1.29 is 38.0 Å². The largest absolute Gasteiger partial charge is 0.497 e. The molecule has 0 amide bonds. The molecular weight excluding hydrogens is 717 g/mol. The summed E-state index contributed by atoms with van der Waals surface area (Å²) in [6.07, 6.45) is 0.994. The molecule has 1 aliphatic heterocycles. The minimum absolute atomic E-state index is 0.218. The van der Waals surface area contributed by atoms with Crippen molar-refractivity contribution in [1.29, 1.82) is 0 Å². The average molecular weight is 765 g/mol. The summed E-state index contributed by atoms with van der Waals surface area (Å²) in [6.45, 7) is 2.76. The molecule has 1 heterocycles. The number of ether oxygens (including phenoxy) is 7. The normalized spacial score (nSPS) is 11.9. The zero-order valence-corrected chi connectivity index (χ0v) is 32.7. The fraction of sp³-hybridized carbons (Fsp3) is 0.245. The molecule has 57 heavy (non-hydrogen) atoms. The van der Waals surface area contributed by atoms with Crippen LogP contribution in [0.25, 0.3) is 11.1 Å². The molecule has 8 nitrogen and oxygen atoms in total. The van der Waals surface area contributed by atoms with Crippen LogP contribution in [0.5, 0.6) is 17.2 Å². The first kappa shape index (κ1) is 39.3. The smallest absolute Gasteiger partial charge is 0.305 e. The summed E-state index contributed by atoms with van der Waals surface area (Å²) >= 11 is 0. The van der Waals surface area contributed by atoms with E-state index in [0.717, 1.165) is 72.9 Å². The Morgan fingerprint density at radius 3 is 1.79 bits per heavy atom. The summed E-state index contributed by atoms with van der Waals surface area (Å²) in [5.74, 6) is 2.16. The van der Waals surface area contributed by atoms with Gasteiger partial charge in [0.05, 0.1) is 47.8 Å². The van der Waals surface area contributed by atoms with Crippen LogP contribution in [0.15, 0.2) is 140 Å². The molecule has 6 aromatic carbocycles. The van der Waals surface area contributed by atoms with Crippen molar-refractivity contribution in [2.75, 3.05) is 27.9 Å². The zero-order valence-electron chi connectivity index (χ0n) is 32.7. The van der Waals surface area contributed by atoms with Gasteiger partial charge in [-0.3, -0.25) is 4.79 Å². The number of rotatable bonds is 18. The fourth-order valence-electron chi connectivity index (χ4n) is 7.25. The summed E-state index contributed by atoms with van der Waals surface area (Å²) in [5, 5.41) is 0. The maximum absolute atomic E-state index is 11.3. The molecule has 0 spiro atoms. The molecule has 0 aromatic heterocycles. The summed E-state index contributed by atoms with van der Waals surface area (Å²) in [6, 6.07) is 47.4. The molecule has 0 atom stereocenters. The van der Waals surface area contributed by atoms with Crippen molar-refractivity contribution >= 4 is 5.97 Å². The zero-order chi connectivity index (χ0) is 39.5. The second-order valence-corrected chi connectivity index (χ2v) is 13.9. The molecule has 292 valence electrons. The molecule has 0 fully saturated rings. The first-order valence-electron chi connectivity index (χ1n) is 19.2. The van der Waals surface area contributed by atoms with Crippen molar-refractivity contribution in [2.45, 2.75) is 51.5 Å². The Hall–Kier alpha value is -5.93. The van der Waals surface area contributed by atoms with Crippen LogP contribution < -0.4 is 14.2 Å². The molecule has 0 bridgehead atoms. The number of carbonyl (C=O) groups excluding carboxylic acids is 1. The number of esters is 1. The van der Waals surface area contributed by atoms with E-state index in [1.54, 1.807) is 14.2 Å². The van der Waals surface area contributed by atoms with Gasteiger partial charge in [-0.2, -0.15) is 0 Å². The predicted molar refractivity (Wildman–Crippen MR) is 219 cm³/mol. The van der Waals surface area contributed by atoms with E-state index in [9.17, 15) is 4.79 Å². The van der Waals surface area contributed by atoms with Gasteiger partial charge in [-0.1, -0.05) is 103 Å². The van der Waals surface area contributed by atoms with E-state index in [-0.39, 0.29) is 5.97 Å². The van der Waals surface area contributed by atoms with Gasteiger partial charge in [0.2, 0.25) is 0 Å². The van der Waals surface area contributed by atoms with Crippen LogP contribution in [0, 0.1) is 0 Å². The van der Waals surface area contributed by atoms with Gasteiger partial charge in [0.25, 0.3) is 0 Å². The molecule has 7 rings (SSSR count). The van der Waals surface area contributed by atoms with E-state index < -0.39 is 5.60 Å². The second kappa shape index (κ2) is 18.8. The van der Waals surface area contributed by atoms with E-state index in [0.29, 0.717) is 52.5 Å². The Morgan fingerprint density at radius 2 is 1.16 bits per heavy atom. The van der Waals surface area contributed by atoms with Gasteiger partial charge in [-0.25, -0.2) is 0 Å². The maximum Gasteiger partial charge on any atom is 0.305 e. The Bertz CT molecular complexity index is 2180. The number of carbonyl (C=O) groups is 1. The lowest BCUT2D eigenvalue weighted by Crippen LogP contribution is -2.32. The van der Waals surface area contributed by atoms with E-state index >= 15 is 0 Å². The van der Waals surface area contributed by atoms with Crippen molar-refractivity contribution in [2.24, 2.45) is 0 Å². The molecule has 0 aliphatic carbocycles. The van der Waals surface area contributed by atoms with Crippen LogP contribution in [0.1, 0.15) is 57.3 Å². The molecule has 0 radical (unpaired) electrons. The average Bonchev–Trinajstić information content (AvgIpc) is 3.27. The number of fused-ring (bicyclic) bond motifs is 3. The lowest BCUT2D eigenvalue weighted by Gasteiger charge is -2.36. The first-order chi connectivity index (χ1) is 28.0. The molecule has 8 heteroatoms. The Labute approximate surface area is 334 Å². The van der Waals surface area contributed by atoms with Gasteiger partial charge in [0, 0.05) is 18.6 Å². The highest BCUT2D eigenvalue weighted by Gasteiger charge is 2.38. The summed E-state index contributed by atoms with van der Waals surface area (Å²) in [4.78, 5) is 11.3. The summed E-state index contributed by atoms with van der Waals surface area (Å²) < 4.78 is 41.1. The topological polar surface area (TPSA) is 81.7 Å². The van der Waals surface area contributed by atoms with Gasteiger partial charge in [-0.15, -0.1) is 0 Å². The van der Waals surface area contributed by atoms with E-state index in [1.165, 1.54) is 7.11 Å². The van der Waals surface area contributed by atoms with E-state index in [4.69, 9.17) is 28.4 Å². The minimum Gasteiger partial charge on any atom is -0.497 e. The van der Waals surface area contributed by atoms with Gasteiger partial charge in [-0.05, 0) is 92.9 Å². The number of methoxy groups -OCH3 is 3. The van der Waals surface area contributed by atoms with Crippen molar-refractivity contribution in [1.82, 2.24) is 0 Å². The molecule has 0 N–H and O–H groups in total. The second-order valence-electron chi connectivity index (χ2n) is 13.9. The first-order valence-corrected chi connectivity index (χ1v) is 19.2. The van der Waals surface area contributed by atoms with Crippen molar-refractivity contribution in [3.8, 4) is 28.4 Å². The third kappa shape index (κ3) is 9.38. The molecule has 6 aromatic rings. The Balaban J connectivity index is 1.03. The SMILES string of the molecule is COC(=O)CCCOCc1cccc(COCc2ccc3c(c2)COc2cc(COC(c4ccccc4)(c4ccc(OC)cc4)c4ccc(OC)cc4)ccc2-3)c1. The van der Waals surface area contributed by atoms with Crippen LogP contribution >= 0.6 is 0 Å². The molecule has 0 saturated carbocycles. The number of hydrogen-bond acceptors (Lipinski definition) is 8. The summed E-state index contributed by atoms with van der Waals surface area (Å²) in [5.41, 5.74) is 9.60. The quantitative estimate of drug-likeness (QED) is 0.0486. The van der Waals surface area contributed by atoms with Crippen LogP contribution in [-0.2, 0) is 62.4 Å². The number of benzene rings is 6.